The third kappa shape index (κ3) is 4.62. The number of halogens is 1. The van der Waals surface area contributed by atoms with E-state index in [0.717, 1.165) is 52.7 Å². The van der Waals surface area contributed by atoms with Crippen LogP contribution in [0.2, 0.25) is 5.02 Å². The van der Waals surface area contributed by atoms with Gasteiger partial charge in [0.1, 0.15) is 0 Å². The van der Waals surface area contributed by atoms with Crippen molar-refractivity contribution >= 4 is 28.4 Å². The van der Waals surface area contributed by atoms with Gasteiger partial charge in [0.15, 0.2) is 0 Å². The second-order valence-corrected chi connectivity index (χ2v) is 9.08. The van der Waals surface area contributed by atoms with Gasteiger partial charge in [-0.25, -0.2) is 0 Å². The fourth-order valence-corrected chi connectivity index (χ4v) is 4.81. The molecule has 7 heteroatoms. The first-order chi connectivity index (χ1) is 15.2. The zero-order valence-corrected chi connectivity index (χ0v) is 20.3. The van der Waals surface area contributed by atoms with E-state index in [2.05, 4.69) is 35.6 Å². The van der Waals surface area contributed by atoms with Gasteiger partial charge in [-0.1, -0.05) is 24.9 Å². The molecule has 1 aromatic carbocycles. The number of amides is 1. The summed E-state index contributed by atoms with van der Waals surface area (Å²) in [4.78, 5) is 28.7. The van der Waals surface area contributed by atoms with E-state index in [0.29, 0.717) is 22.7 Å². The highest BCUT2D eigenvalue weighted by Gasteiger charge is 2.22. The number of carbonyl (C=O) groups excluding carboxylic acids is 1. The molecule has 1 amide bonds. The van der Waals surface area contributed by atoms with Crippen molar-refractivity contribution in [2.45, 2.75) is 66.5 Å². The number of rotatable bonds is 8. The van der Waals surface area contributed by atoms with Crippen molar-refractivity contribution in [2.75, 3.05) is 6.54 Å². The molecule has 0 fully saturated rings. The number of aromatic nitrogens is 2. The van der Waals surface area contributed by atoms with Crippen LogP contribution >= 0.6 is 11.6 Å². The minimum absolute atomic E-state index is 0.155. The van der Waals surface area contributed by atoms with Crippen molar-refractivity contribution in [3.63, 3.8) is 0 Å². The van der Waals surface area contributed by atoms with Gasteiger partial charge in [-0.3, -0.25) is 9.59 Å². The van der Waals surface area contributed by atoms with Crippen LogP contribution < -0.4 is 16.6 Å². The van der Waals surface area contributed by atoms with E-state index >= 15 is 0 Å². The normalized spacial score (nSPS) is 11.5. The summed E-state index contributed by atoms with van der Waals surface area (Å²) < 4.78 is 2.21. The Labute approximate surface area is 194 Å². The van der Waals surface area contributed by atoms with Crippen LogP contribution in [-0.4, -0.2) is 22.0 Å². The summed E-state index contributed by atoms with van der Waals surface area (Å²) in [6.07, 6.45) is 2.43. The van der Waals surface area contributed by atoms with Crippen molar-refractivity contribution in [3.05, 3.63) is 67.2 Å². The summed E-state index contributed by atoms with van der Waals surface area (Å²) in [5, 5.41) is 4.35. The Bertz CT molecular complexity index is 1210. The number of hydrogen-bond acceptors (Lipinski definition) is 3. The van der Waals surface area contributed by atoms with Crippen LogP contribution in [-0.2, 0) is 19.4 Å². The number of H-pyrrole nitrogens is 1. The van der Waals surface area contributed by atoms with Crippen LogP contribution in [0.5, 0.6) is 0 Å². The Hall–Kier alpha value is -2.57. The number of carbonyl (C=O) groups is 1. The van der Waals surface area contributed by atoms with Crippen molar-refractivity contribution in [2.24, 2.45) is 5.73 Å². The molecular formula is C25H33ClN4O2. The smallest absolute Gasteiger partial charge is 0.253 e. The number of nitrogens with zero attached hydrogens (tertiary/aromatic N) is 1. The van der Waals surface area contributed by atoms with E-state index in [-0.39, 0.29) is 24.1 Å². The van der Waals surface area contributed by atoms with E-state index in [4.69, 9.17) is 17.3 Å². The number of benzene rings is 1. The molecule has 0 aliphatic carbocycles. The molecule has 3 aromatic rings. The first-order valence-corrected chi connectivity index (χ1v) is 11.6. The van der Waals surface area contributed by atoms with Gasteiger partial charge >= 0.3 is 0 Å². The summed E-state index contributed by atoms with van der Waals surface area (Å²) in [6, 6.07) is 5.79. The standard InChI is InChI=1S/C25H33ClN4O2/c1-6-7-17-10-15(4)29-25(32)20(17)13-28-24(31)19-11-18(26)12-22-23(19)16(5)21(8-9-27)30(22)14(2)3/h10-12,14H,6-9,13,27H2,1-5H3,(H,28,31)(H,29,32). The molecule has 2 heterocycles. The monoisotopic (exact) mass is 456 g/mol. The number of fused-ring (bicyclic) bond motifs is 1. The van der Waals surface area contributed by atoms with Gasteiger partial charge in [-0.05, 0) is 70.0 Å². The number of aryl methyl sites for hydroxylation is 3. The summed E-state index contributed by atoms with van der Waals surface area (Å²) in [6.45, 7) is 10.9. The Morgan fingerprint density at radius 1 is 1.22 bits per heavy atom. The first-order valence-electron chi connectivity index (χ1n) is 11.2. The zero-order valence-electron chi connectivity index (χ0n) is 19.6. The van der Waals surface area contributed by atoms with Gasteiger partial charge in [-0.15, -0.1) is 0 Å². The highest BCUT2D eigenvalue weighted by atomic mass is 35.5. The maximum Gasteiger partial charge on any atom is 0.253 e. The maximum absolute atomic E-state index is 13.3. The third-order valence-corrected chi connectivity index (χ3v) is 6.11. The van der Waals surface area contributed by atoms with E-state index in [1.54, 1.807) is 6.07 Å². The first kappa shape index (κ1) is 24.1. The van der Waals surface area contributed by atoms with Gasteiger partial charge < -0.3 is 20.6 Å². The maximum atomic E-state index is 13.3. The minimum Gasteiger partial charge on any atom is -0.348 e. The van der Waals surface area contributed by atoms with Crippen molar-refractivity contribution in [1.29, 1.82) is 0 Å². The van der Waals surface area contributed by atoms with Crippen molar-refractivity contribution in [1.82, 2.24) is 14.9 Å². The lowest BCUT2D eigenvalue weighted by Crippen LogP contribution is -2.28. The molecule has 4 N–H and O–H groups in total. The highest BCUT2D eigenvalue weighted by molar-refractivity contribution is 6.32. The molecule has 0 bridgehead atoms. The summed E-state index contributed by atoms with van der Waals surface area (Å²) in [7, 11) is 0. The topological polar surface area (TPSA) is 92.9 Å². The second-order valence-electron chi connectivity index (χ2n) is 8.64. The largest absolute Gasteiger partial charge is 0.348 e. The lowest BCUT2D eigenvalue weighted by molar-refractivity contribution is 0.0952. The summed E-state index contributed by atoms with van der Waals surface area (Å²) in [5.74, 6) is -0.247. The zero-order chi connectivity index (χ0) is 23.6. The summed E-state index contributed by atoms with van der Waals surface area (Å²) in [5.41, 5.74) is 11.7. The Kier molecular flexibility index (Phi) is 7.47. The average molecular weight is 457 g/mol. The number of hydrogen-bond donors (Lipinski definition) is 3. The molecule has 0 spiro atoms. The molecule has 0 radical (unpaired) electrons. The van der Waals surface area contributed by atoms with Gasteiger partial charge in [0.2, 0.25) is 0 Å². The second kappa shape index (κ2) is 9.92. The molecule has 0 saturated heterocycles. The summed E-state index contributed by atoms with van der Waals surface area (Å²) >= 11 is 6.44. The van der Waals surface area contributed by atoms with E-state index in [1.807, 2.05) is 26.0 Å². The predicted octanol–water partition coefficient (Wildman–Crippen LogP) is 4.56. The van der Waals surface area contributed by atoms with E-state index in [1.165, 1.54) is 0 Å². The predicted molar refractivity (Wildman–Crippen MR) is 132 cm³/mol. The molecular weight excluding hydrogens is 424 g/mol. The highest BCUT2D eigenvalue weighted by Crippen LogP contribution is 2.34. The molecule has 0 atom stereocenters. The molecule has 3 rings (SSSR count). The van der Waals surface area contributed by atoms with Gasteiger partial charge in [0.25, 0.3) is 11.5 Å². The average Bonchev–Trinajstić information content (AvgIpc) is 2.98. The quantitative estimate of drug-likeness (QED) is 0.463. The van der Waals surface area contributed by atoms with Crippen LogP contribution in [0, 0.1) is 13.8 Å². The molecule has 0 aliphatic heterocycles. The van der Waals surface area contributed by atoms with E-state index in [9.17, 15) is 9.59 Å². The van der Waals surface area contributed by atoms with Crippen LogP contribution in [0.1, 0.15) is 71.7 Å². The van der Waals surface area contributed by atoms with Crippen LogP contribution in [0.3, 0.4) is 0 Å². The van der Waals surface area contributed by atoms with E-state index < -0.39 is 0 Å². The molecule has 0 saturated carbocycles. The molecule has 6 nitrogen and oxygen atoms in total. The Morgan fingerprint density at radius 2 is 1.94 bits per heavy atom. The number of nitrogens with two attached hydrogens (primary N) is 1. The molecule has 0 aliphatic rings. The Balaban J connectivity index is 2.05. The number of pyridine rings is 1. The Morgan fingerprint density at radius 3 is 2.56 bits per heavy atom. The molecule has 172 valence electrons. The molecule has 32 heavy (non-hydrogen) atoms. The third-order valence-electron chi connectivity index (χ3n) is 5.89. The van der Waals surface area contributed by atoms with Gasteiger partial charge in [0.05, 0.1) is 11.1 Å². The van der Waals surface area contributed by atoms with Gasteiger partial charge in [0, 0.05) is 46.4 Å². The van der Waals surface area contributed by atoms with Crippen molar-refractivity contribution < 1.29 is 4.79 Å². The molecule has 0 unspecified atom stereocenters. The van der Waals surface area contributed by atoms with Crippen LogP contribution in [0.25, 0.3) is 10.9 Å². The lowest BCUT2D eigenvalue weighted by atomic mass is 10.0. The van der Waals surface area contributed by atoms with Crippen LogP contribution in [0.4, 0.5) is 0 Å². The number of nitrogens with one attached hydrogen (secondary N) is 2. The lowest BCUT2D eigenvalue weighted by Gasteiger charge is -2.15. The van der Waals surface area contributed by atoms with Crippen LogP contribution in [0.15, 0.2) is 23.0 Å². The fraction of sp³-hybridized carbons (Fsp3) is 0.440. The van der Waals surface area contributed by atoms with Crippen molar-refractivity contribution in [3.8, 4) is 0 Å². The minimum atomic E-state index is -0.247. The fourth-order valence-electron chi connectivity index (χ4n) is 4.60. The van der Waals surface area contributed by atoms with Gasteiger partial charge in [-0.2, -0.15) is 0 Å². The SMILES string of the molecule is CCCc1cc(C)[nH]c(=O)c1CNC(=O)c1cc(Cl)cc2c1c(C)c(CCN)n2C(C)C. The number of aromatic amines is 1. The molecule has 2 aromatic heterocycles.